The minimum Gasteiger partial charge on any atom is -0.480 e. The molecule has 0 aliphatic heterocycles. The lowest BCUT2D eigenvalue weighted by Crippen LogP contribution is -2.10. The summed E-state index contributed by atoms with van der Waals surface area (Å²) in [5.41, 5.74) is 1.66. The number of aromatic nitrogens is 3. The lowest BCUT2D eigenvalue weighted by atomic mass is 10.1. The van der Waals surface area contributed by atoms with Crippen molar-refractivity contribution in [1.82, 2.24) is 15.2 Å². The van der Waals surface area contributed by atoms with Crippen LogP contribution in [0.2, 0.25) is 0 Å². The summed E-state index contributed by atoms with van der Waals surface area (Å²) in [6.07, 6.45) is 2.26. The standard InChI is InChI=1S/C15H12BrN3O2/c1-21-15-13-10(8-17-19-14(13)20)7-12(18-15)6-9-2-4-11(16)5-3-9/h2-5,7-8H,6H2,1H3,(H,19,20). The lowest BCUT2D eigenvalue weighted by molar-refractivity contribution is 0.401. The molecule has 0 saturated carbocycles. The van der Waals surface area contributed by atoms with Gasteiger partial charge in [0.25, 0.3) is 5.56 Å². The van der Waals surface area contributed by atoms with Crippen LogP contribution < -0.4 is 10.3 Å². The summed E-state index contributed by atoms with van der Waals surface area (Å²) < 4.78 is 6.27. The topological polar surface area (TPSA) is 67.9 Å². The predicted molar refractivity (Wildman–Crippen MR) is 83.7 cm³/mol. The van der Waals surface area contributed by atoms with Gasteiger partial charge in [0.15, 0.2) is 0 Å². The number of H-pyrrole nitrogens is 1. The molecule has 2 heterocycles. The van der Waals surface area contributed by atoms with Gasteiger partial charge in [0.2, 0.25) is 5.88 Å². The predicted octanol–water partition coefficient (Wildman–Crippen LogP) is 2.68. The third-order valence-electron chi connectivity index (χ3n) is 3.16. The van der Waals surface area contributed by atoms with Crippen LogP contribution in [0.1, 0.15) is 11.3 Å². The molecule has 106 valence electrons. The van der Waals surface area contributed by atoms with Crippen molar-refractivity contribution >= 4 is 26.7 Å². The molecule has 3 aromatic rings. The number of pyridine rings is 1. The largest absolute Gasteiger partial charge is 0.480 e. The maximum absolute atomic E-state index is 11.8. The minimum atomic E-state index is -0.299. The Bertz CT molecular complexity index is 844. The first-order valence-corrected chi connectivity index (χ1v) is 7.12. The number of ether oxygens (including phenoxy) is 1. The van der Waals surface area contributed by atoms with E-state index >= 15 is 0 Å². The van der Waals surface area contributed by atoms with Crippen LogP contribution in [0.25, 0.3) is 10.8 Å². The van der Waals surface area contributed by atoms with Crippen molar-refractivity contribution in [3.05, 3.63) is 62.6 Å². The summed E-state index contributed by atoms with van der Waals surface area (Å²) in [7, 11) is 1.51. The lowest BCUT2D eigenvalue weighted by Gasteiger charge is -2.07. The second-order valence-electron chi connectivity index (χ2n) is 4.59. The van der Waals surface area contributed by atoms with Crippen molar-refractivity contribution in [2.24, 2.45) is 0 Å². The smallest absolute Gasteiger partial charge is 0.277 e. The number of hydrogen-bond donors (Lipinski definition) is 1. The summed E-state index contributed by atoms with van der Waals surface area (Å²) in [6, 6.07) is 9.89. The van der Waals surface area contributed by atoms with E-state index in [1.807, 2.05) is 30.3 Å². The van der Waals surface area contributed by atoms with Gasteiger partial charge in [0, 0.05) is 22.0 Å². The van der Waals surface area contributed by atoms with Gasteiger partial charge in [-0.1, -0.05) is 28.1 Å². The number of hydrogen-bond acceptors (Lipinski definition) is 4. The number of halogens is 1. The molecule has 0 atom stereocenters. The Morgan fingerprint density at radius 3 is 2.76 bits per heavy atom. The molecular formula is C15H12BrN3O2. The molecule has 3 rings (SSSR count). The van der Waals surface area contributed by atoms with Crippen LogP contribution in [0.5, 0.6) is 5.88 Å². The van der Waals surface area contributed by atoms with Gasteiger partial charge in [0.1, 0.15) is 5.39 Å². The molecule has 0 bridgehead atoms. The molecule has 0 aliphatic rings. The van der Waals surface area contributed by atoms with Crippen LogP contribution in [-0.4, -0.2) is 22.3 Å². The normalized spacial score (nSPS) is 10.8. The van der Waals surface area contributed by atoms with Crippen LogP contribution in [0.15, 0.2) is 45.8 Å². The Morgan fingerprint density at radius 1 is 1.29 bits per heavy atom. The number of benzene rings is 1. The summed E-state index contributed by atoms with van der Waals surface area (Å²) >= 11 is 3.41. The van der Waals surface area contributed by atoms with E-state index in [0.29, 0.717) is 17.7 Å². The van der Waals surface area contributed by atoms with E-state index < -0.39 is 0 Å². The number of methoxy groups -OCH3 is 1. The zero-order chi connectivity index (χ0) is 14.8. The van der Waals surface area contributed by atoms with Gasteiger partial charge in [-0.2, -0.15) is 5.10 Å². The molecule has 0 spiro atoms. The van der Waals surface area contributed by atoms with Crippen molar-refractivity contribution in [2.45, 2.75) is 6.42 Å². The van der Waals surface area contributed by atoms with E-state index in [4.69, 9.17) is 4.74 Å². The van der Waals surface area contributed by atoms with Gasteiger partial charge < -0.3 is 4.74 Å². The van der Waals surface area contributed by atoms with Crippen LogP contribution in [-0.2, 0) is 6.42 Å². The van der Waals surface area contributed by atoms with Crippen molar-refractivity contribution in [1.29, 1.82) is 0 Å². The fourth-order valence-electron chi connectivity index (χ4n) is 2.19. The molecule has 1 N–H and O–H groups in total. The van der Waals surface area contributed by atoms with E-state index in [9.17, 15) is 4.79 Å². The molecule has 0 amide bonds. The molecule has 6 heteroatoms. The molecule has 21 heavy (non-hydrogen) atoms. The van der Waals surface area contributed by atoms with Gasteiger partial charge in [-0.05, 0) is 23.8 Å². The number of rotatable bonds is 3. The van der Waals surface area contributed by atoms with Crippen molar-refractivity contribution in [3.63, 3.8) is 0 Å². The monoisotopic (exact) mass is 345 g/mol. The summed E-state index contributed by atoms with van der Waals surface area (Å²) in [5, 5.41) is 7.36. The summed E-state index contributed by atoms with van der Waals surface area (Å²) in [6.45, 7) is 0. The molecular weight excluding hydrogens is 334 g/mol. The van der Waals surface area contributed by atoms with Crippen molar-refractivity contribution < 1.29 is 4.74 Å². The van der Waals surface area contributed by atoms with Crippen LogP contribution >= 0.6 is 15.9 Å². The zero-order valence-corrected chi connectivity index (χ0v) is 12.8. The fourth-order valence-corrected chi connectivity index (χ4v) is 2.45. The van der Waals surface area contributed by atoms with E-state index in [2.05, 4.69) is 31.1 Å². The Kier molecular flexibility index (Phi) is 3.70. The highest BCUT2D eigenvalue weighted by molar-refractivity contribution is 9.10. The van der Waals surface area contributed by atoms with Gasteiger partial charge >= 0.3 is 0 Å². The molecule has 2 aromatic heterocycles. The van der Waals surface area contributed by atoms with Crippen LogP contribution in [0.4, 0.5) is 0 Å². The first-order chi connectivity index (χ1) is 10.2. The molecule has 0 aliphatic carbocycles. The molecule has 0 saturated heterocycles. The van der Waals surface area contributed by atoms with Crippen LogP contribution in [0, 0.1) is 0 Å². The number of nitrogens with one attached hydrogen (secondary N) is 1. The first-order valence-electron chi connectivity index (χ1n) is 6.33. The summed E-state index contributed by atoms with van der Waals surface area (Å²) in [5.74, 6) is 0.322. The minimum absolute atomic E-state index is 0.299. The van der Waals surface area contributed by atoms with Gasteiger partial charge in [-0.3, -0.25) is 4.79 Å². The Labute approximate surface area is 129 Å². The highest BCUT2D eigenvalue weighted by atomic mass is 79.9. The van der Waals surface area contributed by atoms with Gasteiger partial charge in [0.05, 0.1) is 13.3 Å². The highest BCUT2D eigenvalue weighted by Gasteiger charge is 2.10. The SMILES string of the molecule is COc1nc(Cc2ccc(Br)cc2)cc2cn[nH]c(=O)c12. The van der Waals surface area contributed by atoms with E-state index in [-0.39, 0.29) is 5.56 Å². The molecule has 0 fully saturated rings. The Morgan fingerprint density at radius 2 is 2.05 bits per heavy atom. The van der Waals surface area contributed by atoms with Crippen LogP contribution in [0.3, 0.4) is 0 Å². The molecule has 1 aromatic carbocycles. The first kappa shape index (κ1) is 13.8. The second kappa shape index (κ2) is 5.65. The van der Waals surface area contributed by atoms with Crippen molar-refractivity contribution in [3.8, 4) is 5.88 Å². The third-order valence-corrected chi connectivity index (χ3v) is 3.69. The number of aromatic amines is 1. The van der Waals surface area contributed by atoms with E-state index in [1.165, 1.54) is 7.11 Å². The molecule has 0 unspecified atom stereocenters. The average Bonchev–Trinajstić information content (AvgIpc) is 2.49. The van der Waals surface area contributed by atoms with Gasteiger partial charge in [-0.25, -0.2) is 10.1 Å². The maximum Gasteiger partial charge on any atom is 0.277 e. The van der Waals surface area contributed by atoms with E-state index in [1.54, 1.807) is 6.20 Å². The average molecular weight is 346 g/mol. The Hall–Kier alpha value is -2.21. The quantitative estimate of drug-likeness (QED) is 0.792. The maximum atomic E-state index is 11.8. The zero-order valence-electron chi connectivity index (χ0n) is 11.3. The molecule has 5 nitrogen and oxygen atoms in total. The highest BCUT2D eigenvalue weighted by Crippen LogP contribution is 2.22. The second-order valence-corrected chi connectivity index (χ2v) is 5.51. The molecule has 0 radical (unpaired) electrons. The number of fused-ring (bicyclic) bond motifs is 1. The Balaban J connectivity index is 2.07. The third kappa shape index (κ3) is 2.80. The fraction of sp³-hybridized carbons (Fsp3) is 0.133. The van der Waals surface area contributed by atoms with Gasteiger partial charge in [-0.15, -0.1) is 0 Å². The number of nitrogens with zero attached hydrogens (tertiary/aromatic N) is 2. The van der Waals surface area contributed by atoms with E-state index in [0.717, 1.165) is 21.1 Å². The summed E-state index contributed by atoms with van der Waals surface area (Å²) in [4.78, 5) is 16.2. The van der Waals surface area contributed by atoms with Crippen molar-refractivity contribution in [2.75, 3.05) is 7.11 Å².